The second-order valence-corrected chi connectivity index (χ2v) is 4.13. The average Bonchev–Trinajstić information content (AvgIpc) is 2.49. The predicted molar refractivity (Wildman–Crippen MR) is 56.1 cm³/mol. The van der Waals surface area contributed by atoms with Crippen LogP contribution in [0.2, 0.25) is 0 Å². The third kappa shape index (κ3) is 1.34. The predicted octanol–water partition coefficient (Wildman–Crippen LogP) is 3.64. The minimum absolute atomic E-state index is 0.161. The molecule has 4 heteroatoms. The van der Waals surface area contributed by atoms with Crippen molar-refractivity contribution in [3.05, 3.63) is 28.9 Å². The van der Waals surface area contributed by atoms with Gasteiger partial charge in [-0.25, -0.2) is 4.39 Å². The quantitative estimate of drug-likeness (QED) is 0.777. The van der Waals surface area contributed by atoms with E-state index in [0.29, 0.717) is 16.3 Å². The molecule has 0 saturated carbocycles. The molecule has 0 aliphatic carbocycles. The highest BCUT2D eigenvalue weighted by Crippen LogP contribution is 2.35. The third-order valence-electron chi connectivity index (χ3n) is 1.90. The summed E-state index contributed by atoms with van der Waals surface area (Å²) >= 11 is 4.62. The zero-order chi connectivity index (χ0) is 9.42. The number of thiophene rings is 1. The second kappa shape index (κ2) is 3.27. The van der Waals surface area contributed by atoms with E-state index in [1.54, 1.807) is 11.4 Å². The molecule has 0 radical (unpaired) electrons. The first kappa shape index (κ1) is 8.97. The van der Waals surface area contributed by atoms with E-state index in [1.807, 2.05) is 0 Å². The number of hydrogen-bond acceptors (Lipinski definition) is 2. The summed E-state index contributed by atoms with van der Waals surface area (Å²) in [4.78, 5) is 0. The fraction of sp³-hybridized carbons (Fsp3) is 0.111. The Morgan fingerprint density at radius 2 is 2.23 bits per heavy atom. The number of hydrogen-bond donors (Lipinski definition) is 1. The molecule has 0 amide bonds. The molecule has 0 fully saturated rings. The molecule has 2 aromatic rings. The Morgan fingerprint density at radius 1 is 1.46 bits per heavy atom. The summed E-state index contributed by atoms with van der Waals surface area (Å²) in [6.45, 7) is 0. The van der Waals surface area contributed by atoms with Crippen molar-refractivity contribution < 1.29 is 9.50 Å². The average molecular weight is 261 g/mol. The van der Waals surface area contributed by atoms with E-state index in [9.17, 15) is 9.50 Å². The van der Waals surface area contributed by atoms with Crippen LogP contribution in [-0.2, 0) is 5.33 Å². The van der Waals surface area contributed by atoms with Gasteiger partial charge in [0, 0.05) is 26.4 Å². The molecular weight excluding hydrogens is 255 g/mol. The van der Waals surface area contributed by atoms with Gasteiger partial charge in [0.2, 0.25) is 0 Å². The molecule has 68 valence electrons. The van der Waals surface area contributed by atoms with Gasteiger partial charge in [-0.2, -0.15) is 0 Å². The van der Waals surface area contributed by atoms with Gasteiger partial charge < -0.3 is 5.11 Å². The van der Waals surface area contributed by atoms with E-state index in [1.165, 1.54) is 17.4 Å². The van der Waals surface area contributed by atoms with E-state index >= 15 is 0 Å². The molecule has 0 aliphatic rings. The Labute approximate surface area is 86.9 Å². The van der Waals surface area contributed by atoms with Crippen molar-refractivity contribution in [3.8, 4) is 5.75 Å². The summed E-state index contributed by atoms with van der Waals surface area (Å²) in [5.41, 5.74) is 0.524. The van der Waals surface area contributed by atoms with Gasteiger partial charge in [0.1, 0.15) is 11.6 Å². The first-order valence-corrected chi connectivity index (χ1v) is 5.67. The highest BCUT2D eigenvalue weighted by molar-refractivity contribution is 9.08. The van der Waals surface area contributed by atoms with Crippen LogP contribution in [0.15, 0.2) is 17.5 Å². The van der Waals surface area contributed by atoms with Crippen LogP contribution in [0.1, 0.15) is 5.56 Å². The van der Waals surface area contributed by atoms with Gasteiger partial charge in [0.15, 0.2) is 0 Å². The number of halogens is 2. The first-order valence-electron chi connectivity index (χ1n) is 3.67. The van der Waals surface area contributed by atoms with Crippen LogP contribution in [0.25, 0.3) is 10.1 Å². The Balaban J connectivity index is 2.88. The number of aromatic hydroxyl groups is 1. The summed E-state index contributed by atoms with van der Waals surface area (Å²) in [5.74, 6) is -0.118. The van der Waals surface area contributed by atoms with E-state index < -0.39 is 0 Å². The molecule has 1 aromatic heterocycles. The molecule has 2 rings (SSSR count). The third-order valence-corrected chi connectivity index (χ3v) is 3.40. The Bertz CT molecular complexity index is 452. The summed E-state index contributed by atoms with van der Waals surface area (Å²) in [7, 11) is 0. The lowest BCUT2D eigenvalue weighted by Crippen LogP contribution is -1.85. The molecule has 1 aromatic carbocycles. The van der Waals surface area contributed by atoms with Gasteiger partial charge in [-0.3, -0.25) is 0 Å². The normalized spacial score (nSPS) is 10.9. The lowest BCUT2D eigenvalue weighted by atomic mass is 10.1. The van der Waals surface area contributed by atoms with Crippen molar-refractivity contribution in [2.45, 2.75) is 5.33 Å². The Morgan fingerprint density at radius 3 is 2.92 bits per heavy atom. The zero-order valence-corrected chi connectivity index (χ0v) is 8.95. The maximum atomic E-state index is 13.2. The van der Waals surface area contributed by atoms with Gasteiger partial charge >= 0.3 is 0 Å². The highest BCUT2D eigenvalue weighted by atomic mass is 79.9. The smallest absolute Gasteiger partial charge is 0.134 e. The molecule has 0 atom stereocenters. The highest BCUT2D eigenvalue weighted by Gasteiger charge is 2.11. The molecule has 0 bridgehead atoms. The molecule has 0 saturated heterocycles. The van der Waals surface area contributed by atoms with Crippen molar-refractivity contribution in [2.24, 2.45) is 0 Å². The first-order chi connectivity index (χ1) is 6.24. The molecule has 1 nitrogen and oxygen atoms in total. The minimum Gasteiger partial charge on any atom is -0.506 e. The second-order valence-electron chi connectivity index (χ2n) is 2.65. The van der Waals surface area contributed by atoms with Crippen molar-refractivity contribution in [2.75, 3.05) is 0 Å². The number of rotatable bonds is 1. The standard InChI is InChI=1S/C9H6BrFOS/c10-3-5-6(11)1-2-8-9(5)7(12)4-13-8/h1-2,4,12H,3H2. The van der Waals surface area contributed by atoms with Crippen LogP contribution in [0, 0.1) is 5.82 Å². The summed E-state index contributed by atoms with van der Waals surface area (Å²) in [5, 5.41) is 12.1. The van der Waals surface area contributed by atoms with E-state index in [4.69, 9.17) is 0 Å². The van der Waals surface area contributed by atoms with Gasteiger partial charge in [-0.1, -0.05) is 15.9 Å². The maximum Gasteiger partial charge on any atom is 0.134 e. The molecule has 1 N–H and O–H groups in total. The molecule has 0 spiro atoms. The van der Waals surface area contributed by atoms with E-state index in [0.717, 1.165) is 4.70 Å². The lowest BCUT2D eigenvalue weighted by Gasteiger charge is -2.00. The molecule has 1 heterocycles. The van der Waals surface area contributed by atoms with Crippen molar-refractivity contribution in [1.82, 2.24) is 0 Å². The number of benzene rings is 1. The van der Waals surface area contributed by atoms with Gasteiger partial charge in [-0.15, -0.1) is 11.3 Å². The van der Waals surface area contributed by atoms with Crippen LogP contribution < -0.4 is 0 Å². The topological polar surface area (TPSA) is 20.2 Å². The molecule has 0 unspecified atom stereocenters. The van der Waals surface area contributed by atoms with Gasteiger partial charge in [0.25, 0.3) is 0 Å². The van der Waals surface area contributed by atoms with Crippen LogP contribution in [0.4, 0.5) is 4.39 Å². The van der Waals surface area contributed by atoms with Gasteiger partial charge in [0.05, 0.1) is 0 Å². The lowest BCUT2D eigenvalue weighted by molar-refractivity contribution is 0.483. The van der Waals surface area contributed by atoms with E-state index in [-0.39, 0.29) is 11.6 Å². The summed E-state index contributed by atoms with van der Waals surface area (Å²) < 4.78 is 14.2. The number of fused-ring (bicyclic) bond motifs is 1. The molecular formula is C9H6BrFOS. The fourth-order valence-corrected chi connectivity index (χ4v) is 2.69. The summed E-state index contributed by atoms with van der Waals surface area (Å²) in [6.07, 6.45) is 0. The van der Waals surface area contributed by atoms with Crippen LogP contribution >= 0.6 is 27.3 Å². The fourth-order valence-electron chi connectivity index (χ4n) is 1.29. The Kier molecular flexibility index (Phi) is 2.26. The minimum atomic E-state index is -0.280. The Hall–Kier alpha value is -0.610. The molecule has 0 aliphatic heterocycles. The van der Waals surface area contributed by atoms with Crippen LogP contribution in [-0.4, -0.2) is 5.11 Å². The molecule has 13 heavy (non-hydrogen) atoms. The summed E-state index contributed by atoms with van der Waals surface area (Å²) in [6, 6.07) is 3.11. The SMILES string of the molecule is Oc1csc2ccc(F)c(CBr)c12. The largest absolute Gasteiger partial charge is 0.506 e. The number of alkyl halides is 1. The van der Waals surface area contributed by atoms with Crippen molar-refractivity contribution in [1.29, 1.82) is 0 Å². The van der Waals surface area contributed by atoms with Crippen molar-refractivity contribution >= 4 is 37.4 Å². The zero-order valence-electron chi connectivity index (χ0n) is 6.55. The van der Waals surface area contributed by atoms with E-state index in [2.05, 4.69) is 15.9 Å². The monoisotopic (exact) mass is 260 g/mol. The maximum absolute atomic E-state index is 13.2. The van der Waals surface area contributed by atoms with Crippen LogP contribution in [0.3, 0.4) is 0 Å². The van der Waals surface area contributed by atoms with Crippen LogP contribution in [0.5, 0.6) is 5.75 Å². The van der Waals surface area contributed by atoms with Gasteiger partial charge in [-0.05, 0) is 12.1 Å². The van der Waals surface area contributed by atoms with Crippen molar-refractivity contribution in [3.63, 3.8) is 0 Å².